The van der Waals surface area contributed by atoms with Gasteiger partial charge in [0.15, 0.2) is 11.5 Å². The van der Waals surface area contributed by atoms with Crippen LogP contribution in [0.2, 0.25) is 0 Å². The minimum absolute atomic E-state index is 0.265. The quantitative estimate of drug-likeness (QED) is 0.647. The highest BCUT2D eigenvalue weighted by Crippen LogP contribution is 2.39. The average molecular weight is 285 g/mol. The number of aliphatic hydroxyl groups excluding tert-OH is 1. The average Bonchev–Trinajstić information content (AvgIpc) is 2.46. The first-order chi connectivity index (χ1) is 9.49. The fourth-order valence-corrected chi connectivity index (χ4v) is 1.82. The summed E-state index contributed by atoms with van der Waals surface area (Å²) in [6.45, 7) is 2.00. The van der Waals surface area contributed by atoms with Gasteiger partial charge in [-0.2, -0.15) is 0 Å². The van der Waals surface area contributed by atoms with Crippen LogP contribution in [-0.4, -0.2) is 50.3 Å². The summed E-state index contributed by atoms with van der Waals surface area (Å²) in [5.74, 6) is 1.71. The van der Waals surface area contributed by atoms with Gasteiger partial charge in [-0.15, -0.1) is 0 Å². The van der Waals surface area contributed by atoms with Gasteiger partial charge in [0.2, 0.25) is 5.75 Å². The van der Waals surface area contributed by atoms with E-state index < -0.39 is 5.60 Å². The summed E-state index contributed by atoms with van der Waals surface area (Å²) in [6.07, 6.45) is 0. The molecule has 0 aliphatic carbocycles. The predicted octanol–water partition coefficient (Wildman–Crippen LogP) is 0.545. The number of hydrogen-bond donors (Lipinski definition) is 3. The molecule has 0 spiro atoms. The highest BCUT2D eigenvalue weighted by atomic mass is 16.5. The van der Waals surface area contributed by atoms with E-state index in [1.165, 1.54) is 0 Å². The van der Waals surface area contributed by atoms with Crippen LogP contribution in [0, 0.1) is 0 Å². The van der Waals surface area contributed by atoms with Crippen molar-refractivity contribution in [1.82, 2.24) is 5.32 Å². The van der Waals surface area contributed by atoms with Gasteiger partial charge < -0.3 is 29.7 Å². The summed E-state index contributed by atoms with van der Waals surface area (Å²) in [5, 5.41) is 21.8. The molecule has 0 saturated carbocycles. The van der Waals surface area contributed by atoms with Gasteiger partial charge in [0.25, 0.3) is 0 Å². The fourth-order valence-electron chi connectivity index (χ4n) is 1.82. The van der Waals surface area contributed by atoms with Crippen molar-refractivity contribution in [1.29, 1.82) is 0 Å². The lowest BCUT2D eigenvalue weighted by atomic mass is 10.1. The van der Waals surface area contributed by atoms with Gasteiger partial charge in [0.05, 0.1) is 33.5 Å². The SMILES string of the molecule is COc1ccc(CNCC(C)(O)CO)c(OC)c1OC. The van der Waals surface area contributed by atoms with Crippen molar-refractivity contribution in [2.45, 2.75) is 19.1 Å². The Balaban J connectivity index is 2.85. The van der Waals surface area contributed by atoms with E-state index in [1.807, 2.05) is 6.07 Å². The Bertz CT molecular complexity index is 434. The van der Waals surface area contributed by atoms with Crippen molar-refractivity contribution in [3.63, 3.8) is 0 Å². The van der Waals surface area contributed by atoms with Crippen molar-refractivity contribution in [2.24, 2.45) is 0 Å². The van der Waals surface area contributed by atoms with Crippen LogP contribution in [0.1, 0.15) is 12.5 Å². The van der Waals surface area contributed by atoms with Gasteiger partial charge in [-0.1, -0.05) is 6.07 Å². The molecule has 6 nitrogen and oxygen atoms in total. The minimum Gasteiger partial charge on any atom is -0.493 e. The largest absolute Gasteiger partial charge is 0.493 e. The van der Waals surface area contributed by atoms with Gasteiger partial charge in [-0.3, -0.25) is 0 Å². The normalized spacial score (nSPS) is 13.7. The highest BCUT2D eigenvalue weighted by molar-refractivity contribution is 5.55. The van der Waals surface area contributed by atoms with E-state index in [2.05, 4.69) is 5.32 Å². The monoisotopic (exact) mass is 285 g/mol. The van der Waals surface area contributed by atoms with E-state index in [-0.39, 0.29) is 13.2 Å². The first-order valence-electron chi connectivity index (χ1n) is 6.31. The number of ether oxygens (including phenoxy) is 3. The molecular weight excluding hydrogens is 262 g/mol. The smallest absolute Gasteiger partial charge is 0.203 e. The number of rotatable bonds is 8. The Morgan fingerprint density at radius 3 is 2.25 bits per heavy atom. The van der Waals surface area contributed by atoms with E-state index >= 15 is 0 Å². The van der Waals surface area contributed by atoms with Crippen molar-refractivity contribution in [3.05, 3.63) is 17.7 Å². The highest BCUT2D eigenvalue weighted by Gasteiger charge is 2.19. The molecule has 0 bridgehead atoms. The summed E-state index contributed by atoms with van der Waals surface area (Å²) >= 11 is 0. The molecule has 20 heavy (non-hydrogen) atoms. The number of hydrogen-bond acceptors (Lipinski definition) is 6. The molecule has 6 heteroatoms. The Morgan fingerprint density at radius 1 is 1.10 bits per heavy atom. The van der Waals surface area contributed by atoms with Crippen molar-refractivity contribution >= 4 is 0 Å². The van der Waals surface area contributed by atoms with Gasteiger partial charge in [0, 0.05) is 18.7 Å². The zero-order valence-corrected chi connectivity index (χ0v) is 12.4. The molecule has 1 rings (SSSR count). The first kappa shape index (κ1) is 16.6. The second-order valence-electron chi connectivity index (χ2n) is 4.75. The summed E-state index contributed by atoms with van der Waals surface area (Å²) < 4.78 is 15.9. The topological polar surface area (TPSA) is 80.2 Å². The van der Waals surface area contributed by atoms with Crippen LogP contribution in [0.15, 0.2) is 12.1 Å². The predicted molar refractivity (Wildman–Crippen MR) is 75.5 cm³/mol. The summed E-state index contributed by atoms with van der Waals surface area (Å²) in [7, 11) is 4.67. The third-order valence-electron chi connectivity index (χ3n) is 2.95. The van der Waals surface area contributed by atoms with Crippen LogP contribution >= 0.6 is 0 Å². The number of methoxy groups -OCH3 is 3. The summed E-state index contributed by atoms with van der Waals surface area (Å²) in [6, 6.07) is 3.66. The lowest BCUT2D eigenvalue weighted by Gasteiger charge is -2.21. The molecule has 0 heterocycles. The molecule has 0 saturated heterocycles. The van der Waals surface area contributed by atoms with Crippen LogP contribution in [-0.2, 0) is 6.54 Å². The molecule has 0 aliphatic rings. The summed E-state index contributed by atoms with van der Waals surface area (Å²) in [5.41, 5.74) is -0.275. The molecule has 1 unspecified atom stereocenters. The van der Waals surface area contributed by atoms with Gasteiger partial charge in [-0.05, 0) is 13.0 Å². The molecule has 0 radical (unpaired) electrons. The van der Waals surface area contributed by atoms with Crippen LogP contribution in [0.3, 0.4) is 0 Å². The van der Waals surface area contributed by atoms with E-state index in [9.17, 15) is 5.11 Å². The maximum Gasteiger partial charge on any atom is 0.203 e. The Kier molecular flexibility index (Phi) is 6.06. The van der Waals surface area contributed by atoms with Crippen LogP contribution in [0.5, 0.6) is 17.2 Å². The minimum atomic E-state index is -1.15. The molecule has 1 atom stereocenters. The van der Waals surface area contributed by atoms with Crippen LogP contribution < -0.4 is 19.5 Å². The number of benzene rings is 1. The molecule has 0 aliphatic heterocycles. The maximum atomic E-state index is 9.72. The van der Waals surface area contributed by atoms with Crippen molar-refractivity contribution in [2.75, 3.05) is 34.5 Å². The lowest BCUT2D eigenvalue weighted by Crippen LogP contribution is -2.40. The molecule has 0 aromatic heterocycles. The van der Waals surface area contributed by atoms with Gasteiger partial charge >= 0.3 is 0 Å². The standard InChI is InChI=1S/C14H23NO5/c1-14(17,9-16)8-15-7-10-5-6-11(18-2)13(20-4)12(10)19-3/h5-6,15-17H,7-9H2,1-4H3. The Hall–Kier alpha value is -1.50. The van der Waals surface area contributed by atoms with Crippen LogP contribution in [0.4, 0.5) is 0 Å². The third kappa shape index (κ3) is 4.00. The maximum absolute atomic E-state index is 9.72. The van der Waals surface area contributed by atoms with Crippen molar-refractivity contribution < 1.29 is 24.4 Å². The number of nitrogens with one attached hydrogen (secondary N) is 1. The molecule has 0 amide bonds. The fraction of sp³-hybridized carbons (Fsp3) is 0.571. The van der Waals surface area contributed by atoms with E-state index in [0.717, 1.165) is 5.56 Å². The zero-order chi connectivity index (χ0) is 15.2. The van der Waals surface area contributed by atoms with Gasteiger partial charge in [-0.25, -0.2) is 0 Å². The molecule has 114 valence electrons. The molecule has 3 N–H and O–H groups in total. The molecule has 1 aromatic rings. The first-order valence-corrected chi connectivity index (χ1v) is 6.31. The van der Waals surface area contributed by atoms with E-state index in [1.54, 1.807) is 34.3 Å². The van der Waals surface area contributed by atoms with Crippen LogP contribution in [0.25, 0.3) is 0 Å². The Morgan fingerprint density at radius 2 is 1.75 bits per heavy atom. The lowest BCUT2D eigenvalue weighted by molar-refractivity contribution is 0.00250. The summed E-state index contributed by atoms with van der Waals surface area (Å²) in [4.78, 5) is 0. The van der Waals surface area contributed by atoms with Crippen molar-refractivity contribution in [3.8, 4) is 17.2 Å². The van der Waals surface area contributed by atoms with E-state index in [0.29, 0.717) is 23.8 Å². The third-order valence-corrected chi connectivity index (χ3v) is 2.95. The molecule has 1 aromatic carbocycles. The zero-order valence-electron chi connectivity index (χ0n) is 12.4. The van der Waals surface area contributed by atoms with Gasteiger partial charge in [0.1, 0.15) is 0 Å². The molecule has 0 fully saturated rings. The second kappa shape index (κ2) is 7.33. The number of aliphatic hydroxyl groups is 2. The van der Waals surface area contributed by atoms with E-state index in [4.69, 9.17) is 19.3 Å². The second-order valence-corrected chi connectivity index (χ2v) is 4.75. The Labute approximate surface area is 119 Å². The molecular formula is C14H23NO5.